The number of likely N-dealkylation sites (tertiary alicyclic amines) is 1. The summed E-state index contributed by atoms with van der Waals surface area (Å²) in [5.74, 6) is 0.836. The minimum absolute atomic E-state index is 0.670. The second-order valence-corrected chi connectivity index (χ2v) is 4.92. The number of hydrogen-bond acceptors (Lipinski definition) is 3. The van der Waals surface area contributed by atoms with Crippen LogP contribution in [-0.4, -0.2) is 37.3 Å². The fourth-order valence-corrected chi connectivity index (χ4v) is 2.44. The van der Waals surface area contributed by atoms with E-state index in [-0.39, 0.29) is 0 Å². The lowest BCUT2D eigenvalue weighted by Crippen LogP contribution is -2.27. The maximum atomic E-state index is 10.7. The van der Waals surface area contributed by atoms with Gasteiger partial charge in [-0.15, -0.1) is 0 Å². The van der Waals surface area contributed by atoms with E-state index in [9.17, 15) is 5.11 Å². The molecule has 94 valence electrons. The van der Waals surface area contributed by atoms with Crippen molar-refractivity contribution in [2.75, 3.05) is 27.2 Å². The van der Waals surface area contributed by atoms with Gasteiger partial charge in [0.25, 0.3) is 0 Å². The van der Waals surface area contributed by atoms with Crippen LogP contribution < -0.4 is 4.74 Å². The van der Waals surface area contributed by atoms with Crippen molar-refractivity contribution in [2.24, 2.45) is 0 Å². The average Bonchev–Trinajstić information content (AvgIpc) is 2.53. The van der Waals surface area contributed by atoms with Crippen LogP contribution in [0.5, 0.6) is 5.75 Å². The predicted molar refractivity (Wildman–Crippen MR) is 68.2 cm³/mol. The Morgan fingerprint density at radius 1 is 1.18 bits per heavy atom. The quantitative estimate of drug-likeness (QED) is 0.851. The Morgan fingerprint density at radius 3 is 2.53 bits per heavy atom. The Labute approximate surface area is 103 Å². The van der Waals surface area contributed by atoms with Crippen molar-refractivity contribution < 1.29 is 9.84 Å². The molecule has 0 radical (unpaired) electrons. The van der Waals surface area contributed by atoms with Crippen LogP contribution >= 0.6 is 0 Å². The molecule has 1 aromatic rings. The van der Waals surface area contributed by atoms with Crippen LogP contribution in [-0.2, 0) is 5.60 Å². The van der Waals surface area contributed by atoms with E-state index >= 15 is 0 Å². The highest BCUT2D eigenvalue weighted by Gasteiger charge is 2.31. The smallest absolute Gasteiger partial charge is 0.118 e. The topological polar surface area (TPSA) is 32.7 Å². The lowest BCUT2D eigenvalue weighted by atomic mass is 9.87. The third-order valence-electron chi connectivity index (χ3n) is 3.66. The van der Waals surface area contributed by atoms with Gasteiger partial charge in [0.2, 0.25) is 0 Å². The molecule has 1 aliphatic rings. The van der Waals surface area contributed by atoms with Crippen molar-refractivity contribution in [1.82, 2.24) is 4.90 Å². The van der Waals surface area contributed by atoms with Gasteiger partial charge in [-0.05, 0) is 50.6 Å². The second-order valence-electron chi connectivity index (χ2n) is 4.92. The number of aliphatic hydroxyl groups is 1. The molecule has 1 aliphatic heterocycles. The number of benzene rings is 1. The fourth-order valence-electron chi connectivity index (χ4n) is 2.44. The minimum atomic E-state index is -0.670. The molecule has 1 heterocycles. The van der Waals surface area contributed by atoms with Gasteiger partial charge in [-0.3, -0.25) is 0 Å². The molecule has 1 fully saturated rings. The lowest BCUT2D eigenvalue weighted by Gasteiger charge is -2.27. The summed E-state index contributed by atoms with van der Waals surface area (Å²) >= 11 is 0. The van der Waals surface area contributed by atoms with E-state index in [1.54, 1.807) is 7.11 Å². The van der Waals surface area contributed by atoms with Crippen LogP contribution in [0.1, 0.15) is 24.8 Å². The van der Waals surface area contributed by atoms with Gasteiger partial charge in [0.15, 0.2) is 0 Å². The maximum Gasteiger partial charge on any atom is 0.118 e. The van der Waals surface area contributed by atoms with E-state index in [1.165, 1.54) is 0 Å². The number of methoxy groups -OCH3 is 1. The third-order valence-corrected chi connectivity index (χ3v) is 3.66. The standard InChI is InChI=1S/C14H21NO2/c1-15-10-3-8-14(16,9-11-15)12-4-6-13(17-2)7-5-12/h4-7,16H,3,8-11H2,1-2H3. The molecule has 3 nitrogen and oxygen atoms in total. The summed E-state index contributed by atoms with van der Waals surface area (Å²) in [5.41, 5.74) is 0.338. The maximum absolute atomic E-state index is 10.7. The van der Waals surface area contributed by atoms with E-state index < -0.39 is 5.60 Å². The van der Waals surface area contributed by atoms with Crippen molar-refractivity contribution >= 4 is 0 Å². The van der Waals surface area contributed by atoms with Gasteiger partial charge in [0, 0.05) is 6.54 Å². The zero-order valence-electron chi connectivity index (χ0n) is 10.6. The molecule has 1 saturated heterocycles. The molecule has 0 amide bonds. The molecule has 0 saturated carbocycles. The SMILES string of the molecule is COc1ccc(C2(O)CCCN(C)CC2)cc1. The molecule has 2 rings (SSSR count). The molecule has 1 atom stereocenters. The first-order valence-corrected chi connectivity index (χ1v) is 6.19. The van der Waals surface area contributed by atoms with Gasteiger partial charge >= 0.3 is 0 Å². The fraction of sp³-hybridized carbons (Fsp3) is 0.571. The van der Waals surface area contributed by atoms with E-state index in [1.807, 2.05) is 24.3 Å². The van der Waals surface area contributed by atoms with Crippen LogP contribution in [0.3, 0.4) is 0 Å². The van der Waals surface area contributed by atoms with Crippen LogP contribution in [0.4, 0.5) is 0 Å². The van der Waals surface area contributed by atoms with Crippen LogP contribution in [0.25, 0.3) is 0 Å². The van der Waals surface area contributed by atoms with Crippen molar-refractivity contribution in [2.45, 2.75) is 24.9 Å². The molecular weight excluding hydrogens is 214 g/mol. The molecule has 1 aromatic carbocycles. The Hall–Kier alpha value is -1.06. The Balaban J connectivity index is 2.17. The Morgan fingerprint density at radius 2 is 1.88 bits per heavy atom. The molecule has 1 unspecified atom stereocenters. The summed E-state index contributed by atoms with van der Waals surface area (Å²) in [5, 5.41) is 10.7. The first-order valence-electron chi connectivity index (χ1n) is 6.19. The highest BCUT2D eigenvalue weighted by Crippen LogP contribution is 2.33. The molecule has 0 bridgehead atoms. The molecule has 0 spiro atoms. The normalized spacial score (nSPS) is 26.5. The first kappa shape index (κ1) is 12.4. The number of hydrogen-bond donors (Lipinski definition) is 1. The van der Waals surface area contributed by atoms with E-state index in [2.05, 4.69) is 11.9 Å². The zero-order chi connectivity index (χ0) is 12.3. The summed E-state index contributed by atoms with van der Waals surface area (Å²) in [7, 11) is 3.77. The van der Waals surface area contributed by atoms with E-state index in [4.69, 9.17) is 4.74 Å². The minimum Gasteiger partial charge on any atom is -0.497 e. The average molecular weight is 235 g/mol. The van der Waals surface area contributed by atoms with Gasteiger partial charge in [-0.2, -0.15) is 0 Å². The molecule has 1 N–H and O–H groups in total. The summed E-state index contributed by atoms with van der Waals surface area (Å²) in [6, 6.07) is 7.79. The summed E-state index contributed by atoms with van der Waals surface area (Å²) in [4.78, 5) is 2.28. The largest absolute Gasteiger partial charge is 0.497 e. The highest BCUT2D eigenvalue weighted by molar-refractivity contribution is 5.31. The number of ether oxygens (including phenoxy) is 1. The van der Waals surface area contributed by atoms with Crippen molar-refractivity contribution in [3.63, 3.8) is 0 Å². The van der Waals surface area contributed by atoms with Gasteiger partial charge in [-0.25, -0.2) is 0 Å². The Bertz CT molecular complexity index is 363. The van der Waals surface area contributed by atoms with Crippen LogP contribution in [0, 0.1) is 0 Å². The molecule has 0 aliphatic carbocycles. The predicted octanol–water partition coefficient (Wildman–Crippen LogP) is 2.00. The highest BCUT2D eigenvalue weighted by atomic mass is 16.5. The monoisotopic (exact) mass is 235 g/mol. The third kappa shape index (κ3) is 2.79. The van der Waals surface area contributed by atoms with Crippen LogP contribution in [0.2, 0.25) is 0 Å². The van der Waals surface area contributed by atoms with Crippen LogP contribution in [0.15, 0.2) is 24.3 Å². The van der Waals surface area contributed by atoms with Crippen molar-refractivity contribution in [3.05, 3.63) is 29.8 Å². The van der Waals surface area contributed by atoms with Gasteiger partial charge in [-0.1, -0.05) is 12.1 Å². The molecule has 3 heteroatoms. The lowest BCUT2D eigenvalue weighted by molar-refractivity contribution is 0.0218. The van der Waals surface area contributed by atoms with Gasteiger partial charge in [0.05, 0.1) is 12.7 Å². The summed E-state index contributed by atoms with van der Waals surface area (Å²) in [6.07, 6.45) is 2.68. The van der Waals surface area contributed by atoms with Gasteiger partial charge in [0.1, 0.15) is 5.75 Å². The Kier molecular flexibility index (Phi) is 3.69. The van der Waals surface area contributed by atoms with Crippen molar-refractivity contribution in [1.29, 1.82) is 0 Å². The first-order chi connectivity index (χ1) is 8.14. The van der Waals surface area contributed by atoms with E-state index in [0.29, 0.717) is 0 Å². The summed E-state index contributed by atoms with van der Waals surface area (Å²) < 4.78 is 5.14. The molecule has 0 aromatic heterocycles. The van der Waals surface area contributed by atoms with E-state index in [0.717, 1.165) is 43.7 Å². The zero-order valence-corrected chi connectivity index (χ0v) is 10.6. The second kappa shape index (κ2) is 5.07. The van der Waals surface area contributed by atoms with Crippen molar-refractivity contribution in [3.8, 4) is 5.75 Å². The molecule has 17 heavy (non-hydrogen) atoms. The number of nitrogens with zero attached hydrogens (tertiary/aromatic N) is 1. The molecular formula is C14H21NO2. The number of rotatable bonds is 2. The van der Waals surface area contributed by atoms with Gasteiger partial charge < -0.3 is 14.7 Å². The summed E-state index contributed by atoms with van der Waals surface area (Å²) in [6.45, 7) is 2.01.